The largest absolute Gasteiger partial charge is 0.367 e. The molecule has 2 fully saturated rings. The van der Waals surface area contributed by atoms with E-state index in [0.29, 0.717) is 36.2 Å². The molecule has 1 aliphatic carbocycles. The summed E-state index contributed by atoms with van der Waals surface area (Å²) in [7, 11) is 0. The molecule has 0 radical (unpaired) electrons. The Hall–Kier alpha value is -2.98. The number of aromatic nitrogens is 7. The van der Waals surface area contributed by atoms with E-state index in [9.17, 15) is 0 Å². The average molecular weight is 463 g/mol. The zero-order chi connectivity index (χ0) is 22.7. The number of nitrogens with zero attached hydrogens (tertiary/aromatic N) is 8. The first kappa shape index (κ1) is 20.6. The van der Waals surface area contributed by atoms with Gasteiger partial charge in [0.05, 0.1) is 46.2 Å². The molecule has 0 spiro atoms. The molecule has 1 saturated heterocycles. The topological polar surface area (TPSA) is 94.7 Å². The van der Waals surface area contributed by atoms with E-state index in [4.69, 9.17) is 24.7 Å². The van der Waals surface area contributed by atoms with Crippen LogP contribution in [0.3, 0.4) is 0 Å². The lowest BCUT2D eigenvalue weighted by atomic mass is 10.1. The van der Waals surface area contributed by atoms with E-state index in [0.717, 1.165) is 32.5 Å². The summed E-state index contributed by atoms with van der Waals surface area (Å²) >= 11 is 1.61. The molecule has 1 saturated carbocycles. The highest BCUT2D eigenvalue weighted by atomic mass is 32.1. The lowest BCUT2D eigenvalue weighted by Gasteiger charge is -2.36. The van der Waals surface area contributed by atoms with Crippen molar-refractivity contribution in [1.82, 2.24) is 34.7 Å². The van der Waals surface area contributed by atoms with E-state index in [1.54, 1.807) is 11.3 Å². The Bertz CT molecular complexity index is 1340. The van der Waals surface area contributed by atoms with Crippen molar-refractivity contribution >= 4 is 28.4 Å². The van der Waals surface area contributed by atoms with Crippen molar-refractivity contribution in [3.05, 3.63) is 40.5 Å². The molecule has 2 unspecified atom stereocenters. The fraction of sp³-hybridized carbons (Fsp3) is 0.478. The van der Waals surface area contributed by atoms with Gasteiger partial charge in [-0.1, -0.05) is 0 Å². The van der Waals surface area contributed by atoms with Gasteiger partial charge in [0.1, 0.15) is 17.3 Å². The van der Waals surface area contributed by atoms with Crippen LogP contribution in [-0.2, 0) is 4.74 Å². The van der Waals surface area contributed by atoms with Crippen LogP contribution in [0, 0.1) is 20.8 Å². The number of aryl methyl sites for hydroxylation is 3. The molecule has 1 aliphatic heterocycles. The average Bonchev–Trinajstić information content (AvgIpc) is 3.35. The summed E-state index contributed by atoms with van der Waals surface area (Å²) in [5.41, 5.74) is 4.97. The van der Waals surface area contributed by atoms with Gasteiger partial charge in [-0.05, 0) is 40.5 Å². The van der Waals surface area contributed by atoms with Gasteiger partial charge in [-0.2, -0.15) is 10.1 Å². The van der Waals surface area contributed by atoms with Crippen molar-refractivity contribution in [1.29, 1.82) is 0 Å². The molecule has 0 N–H and O–H groups in total. The number of ether oxygens (including phenoxy) is 1. The molecule has 4 aromatic rings. The van der Waals surface area contributed by atoms with E-state index in [2.05, 4.69) is 32.8 Å². The second kappa shape index (κ2) is 7.81. The summed E-state index contributed by atoms with van der Waals surface area (Å²) < 4.78 is 8.36. The molecule has 0 bridgehead atoms. The van der Waals surface area contributed by atoms with E-state index < -0.39 is 0 Å². The van der Waals surface area contributed by atoms with Crippen molar-refractivity contribution in [2.75, 3.05) is 18.0 Å². The highest BCUT2D eigenvalue weighted by Crippen LogP contribution is 2.36. The molecule has 5 heterocycles. The maximum Gasteiger partial charge on any atom is 0.228 e. The number of morpholine rings is 1. The summed E-state index contributed by atoms with van der Waals surface area (Å²) in [6.45, 7) is 9.38. The van der Waals surface area contributed by atoms with Gasteiger partial charge in [0.2, 0.25) is 5.95 Å². The minimum absolute atomic E-state index is 0.0345. The van der Waals surface area contributed by atoms with Crippen LogP contribution in [-0.4, -0.2) is 53.9 Å². The molecule has 9 nitrogen and oxygen atoms in total. The minimum Gasteiger partial charge on any atom is -0.367 e. The Morgan fingerprint density at radius 3 is 2.58 bits per heavy atom. The third-order valence-corrected chi connectivity index (χ3v) is 7.16. The van der Waals surface area contributed by atoms with E-state index in [-0.39, 0.29) is 12.2 Å². The number of hydrogen-bond donors (Lipinski definition) is 0. The van der Waals surface area contributed by atoms with Crippen LogP contribution in [0.4, 0.5) is 5.95 Å². The molecule has 0 aromatic carbocycles. The van der Waals surface area contributed by atoms with Crippen LogP contribution in [0.5, 0.6) is 0 Å². The zero-order valence-electron chi connectivity index (χ0n) is 19.2. The molecule has 2 atom stereocenters. The van der Waals surface area contributed by atoms with Crippen molar-refractivity contribution in [2.45, 2.75) is 58.8 Å². The SMILES string of the molecule is Cc1ncc(-c2nc(N3CC(C)OC(c4cnn(C5CC5)c4)C3)nc3nc(C)c(C)nc23)s1. The Labute approximate surface area is 195 Å². The lowest BCUT2D eigenvalue weighted by Crippen LogP contribution is -2.43. The molecule has 10 heteroatoms. The van der Waals surface area contributed by atoms with Crippen molar-refractivity contribution in [3.8, 4) is 10.6 Å². The smallest absolute Gasteiger partial charge is 0.228 e. The zero-order valence-corrected chi connectivity index (χ0v) is 20.0. The predicted molar refractivity (Wildman–Crippen MR) is 126 cm³/mol. The lowest BCUT2D eigenvalue weighted by molar-refractivity contribution is -0.0178. The number of anilines is 1. The van der Waals surface area contributed by atoms with Gasteiger partial charge in [-0.3, -0.25) is 4.68 Å². The fourth-order valence-electron chi connectivity index (χ4n) is 4.24. The van der Waals surface area contributed by atoms with Crippen molar-refractivity contribution in [2.24, 2.45) is 0 Å². The second-order valence-corrected chi connectivity index (χ2v) is 10.2. The molecule has 2 aliphatic rings. The number of fused-ring (bicyclic) bond motifs is 1. The maximum atomic E-state index is 6.29. The Kier molecular flexibility index (Phi) is 4.88. The molecular formula is C23H26N8OS. The quantitative estimate of drug-likeness (QED) is 0.450. The molecule has 4 aromatic heterocycles. The number of hydrogen-bond acceptors (Lipinski definition) is 9. The van der Waals surface area contributed by atoms with Crippen LogP contribution in [0.2, 0.25) is 0 Å². The standard InChI is InChI=1S/C23H26N8OS/c1-12-9-30(11-18(32-12)16-7-25-31(10-16)17-5-6-17)23-28-20(19-8-24-15(4)33-19)21-22(29-23)27-14(3)13(2)26-21/h7-8,10,12,17-18H,5-6,9,11H2,1-4H3. The van der Waals surface area contributed by atoms with Gasteiger partial charge in [-0.15, -0.1) is 11.3 Å². The van der Waals surface area contributed by atoms with Gasteiger partial charge in [0.15, 0.2) is 5.65 Å². The highest BCUT2D eigenvalue weighted by Gasteiger charge is 2.31. The Morgan fingerprint density at radius 2 is 1.82 bits per heavy atom. The minimum atomic E-state index is -0.0829. The number of rotatable bonds is 4. The van der Waals surface area contributed by atoms with Gasteiger partial charge in [0, 0.05) is 24.5 Å². The first-order valence-electron chi connectivity index (χ1n) is 11.3. The van der Waals surface area contributed by atoms with Crippen molar-refractivity contribution < 1.29 is 4.74 Å². The first-order valence-corrected chi connectivity index (χ1v) is 12.2. The fourth-order valence-corrected chi connectivity index (χ4v) is 5.01. The first-order chi connectivity index (χ1) is 15.9. The van der Waals surface area contributed by atoms with Gasteiger partial charge >= 0.3 is 0 Å². The van der Waals surface area contributed by atoms with Crippen LogP contribution in [0.15, 0.2) is 18.6 Å². The highest BCUT2D eigenvalue weighted by molar-refractivity contribution is 7.15. The van der Waals surface area contributed by atoms with Crippen LogP contribution in [0.1, 0.15) is 53.9 Å². The molecule has 170 valence electrons. The summed E-state index contributed by atoms with van der Waals surface area (Å²) in [5, 5.41) is 5.54. The molecule has 6 rings (SSSR count). The molecule has 0 amide bonds. The van der Waals surface area contributed by atoms with Crippen LogP contribution >= 0.6 is 11.3 Å². The van der Waals surface area contributed by atoms with Crippen LogP contribution in [0.25, 0.3) is 21.7 Å². The normalized spacial score (nSPS) is 21.2. The Morgan fingerprint density at radius 1 is 1.00 bits per heavy atom. The van der Waals surface area contributed by atoms with Gasteiger partial charge in [-0.25, -0.2) is 19.9 Å². The summed E-state index contributed by atoms with van der Waals surface area (Å²) in [6.07, 6.45) is 8.29. The molecule has 33 heavy (non-hydrogen) atoms. The van der Waals surface area contributed by atoms with E-state index >= 15 is 0 Å². The van der Waals surface area contributed by atoms with E-state index in [1.165, 1.54) is 12.8 Å². The summed E-state index contributed by atoms with van der Waals surface area (Å²) in [6, 6.07) is 0.551. The summed E-state index contributed by atoms with van der Waals surface area (Å²) in [4.78, 5) is 27.0. The third kappa shape index (κ3) is 3.87. The second-order valence-electron chi connectivity index (χ2n) is 9.01. The van der Waals surface area contributed by atoms with Gasteiger partial charge < -0.3 is 9.64 Å². The van der Waals surface area contributed by atoms with Gasteiger partial charge in [0.25, 0.3) is 0 Å². The Balaban J connectivity index is 1.41. The van der Waals surface area contributed by atoms with Crippen LogP contribution < -0.4 is 4.90 Å². The van der Waals surface area contributed by atoms with E-state index in [1.807, 2.05) is 33.2 Å². The monoisotopic (exact) mass is 462 g/mol. The predicted octanol–water partition coefficient (Wildman–Crippen LogP) is 3.97. The maximum absolute atomic E-state index is 6.29. The number of thiazole rings is 1. The third-order valence-electron chi connectivity index (χ3n) is 6.24. The molecular weight excluding hydrogens is 436 g/mol. The van der Waals surface area contributed by atoms with Crippen molar-refractivity contribution in [3.63, 3.8) is 0 Å². The summed E-state index contributed by atoms with van der Waals surface area (Å²) in [5.74, 6) is 0.649.